The minimum absolute atomic E-state index is 0. The van der Waals surface area contributed by atoms with Crippen molar-refractivity contribution < 1.29 is 9.53 Å². The Morgan fingerprint density at radius 2 is 1.95 bits per heavy atom. The lowest BCUT2D eigenvalue weighted by molar-refractivity contribution is -0.115. The molecule has 1 aliphatic heterocycles. The number of ketones is 1. The van der Waals surface area contributed by atoms with Crippen LogP contribution >= 0.6 is 24.2 Å². The number of carbonyl (C=O) groups is 1. The molecule has 1 heterocycles. The van der Waals surface area contributed by atoms with E-state index in [0.29, 0.717) is 6.42 Å². The second-order valence-electron chi connectivity index (χ2n) is 4.78. The fraction of sp³-hybridized carbons (Fsp3) is 0.438. The SMILES string of the molecule is CSc1ccc(C=CC(=O)CCN2CCOCC2)cc1.Cl. The van der Waals surface area contributed by atoms with Crippen molar-refractivity contribution in [2.75, 3.05) is 39.1 Å². The quantitative estimate of drug-likeness (QED) is 0.593. The number of benzene rings is 1. The highest BCUT2D eigenvalue weighted by molar-refractivity contribution is 7.98. The van der Waals surface area contributed by atoms with E-state index >= 15 is 0 Å². The molecule has 0 saturated carbocycles. The summed E-state index contributed by atoms with van der Waals surface area (Å²) in [5.74, 6) is 0.186. The highest BCUT2D eigenvalue weighted by Gasteiger charge is 2.10. The van der Waals surface area contributed by atoms with Gasteiger partial charge in [-0.05, 0) is 30.0 Å². The van der Waals surface area contributed by atoms with Gasteiger partial charge >= 0.3 is 0 Å². The summed E-state index contributed by atoms with van der Waals surface area (Å²) in [6, 6.07) is 8.22. The van der Waals surface area contributed by atoms with Crippen LogP contribution in [0.2, 0.25) is 0 Å². The van der Waals surface area contributed by atoms with Crippen LogP contribution < -0.4 is 0 Å². The van der Waals surface area contributed by atoms with Crippen molar-refractivity contribution in [3.8, 4) is 0 Å². The number of rotatable bonds is 6. The summed E-state index contributed by atoms with van der Waals surface area (Å²) in [5.41, 5.74) is 1.07. The predicted molar refractivity (Wildman–Crippen MR) is 91.4 cm³/mol. The van der Waals surface area contributed by atoms with Crippen LogP contribution in [0.5, 0.6) is 0 Å². The van der Waals surface area contributed by atoms with Crippen LogP contribution in [0.4, 0.5) is 0 Å². The molecular formula is C16H22ClNO2S. The number of morpholine rings is 1. The van der Waals surface area contributed by atoms with Gasteiger partial charge in [0.25, 0.3) is 0 Å². The van der Waals surface area contributed by atoms with Gasteiger partial charge in [0, 0.05) is 31.0 Å². The summed E-state index contributed by atoms with van der Waals surface area (Å²) in [7, 11) is 0. The Kier molecular flexibility index (Phi) is 8.69. The molecule has 0 N–H and O–H groups in total. The molecule has 1 aliphatic rings. The molecule has 1 fully saturated rings. The van der Waals surface area contributed by atoms with E-state index in [1.54, 1.807) is 17.8 Å². The van der Waals surface area contributed by atoms with Gasteiger partial charge in [-0.3, -0.25) is 9.69 Å². The van der Waals surface area contributed by atoms with Crippen LogP contribution in [0.1, 0.15) is 12.0 Å². The third-order valence-electron chi connectivity index (χ3n) is 3.36. The van der Waals surface area contributed by atoms with E-state index in [1.807, 2.05) is 18.2 Å². The maximum atomic E-state index is 11.8. The van der Waals surface area contributed by atoms with Crippen molar-refractivity contribution in [2.24, 2.45) is 0 Å². The molecule has 116 valence electrons. The molecular weight excluding hydrogens is 306 g/mol. The number of ether oxygens (including phenoxy) is 1. The standard InChI is InChI=1S/C16H21NO2S.ClH/c1-20-16-6-3-14(4-7-16)2-5-15(18)8-9-17-10-12-19-13-11-17;/h2-7H,8-13H2,1H3;1H. The molecule has 5 heteroatoms. The number of allylic oxidation sites excluding steroid dienone is 1. The maximum absolute atomic E-state index is 11.8. The van der Waals surface area contributed by atoms with Gasteiger partial charge in [-0.25, -0.2) is 0 Å². The average molecular weight is 328 g/mol. The Morgan fingerprint density at radius 3 is 2.57 bits per heavy atom. The largest absolute Gasteiger partial charge is 0.379 e. The first kappa shape index (κ1) is 18.2. The molecule has 0 bridgehead atoms. The lowest BCUT2D eigenvalue weighted by atomic mass is 10.1. The van der Waals surface area contributed by atoms with Gasteiger partial charge in [0.05, 0.1) is 13.2 Å². The van der Waals surface area contributed by atoms with Crippen molar-refractivity contribution in [1.29, 1.82) is 0 Å². The number of hydrogen-bond donors (Lipinski definition) is 0. The third kappa shape index (κ3) is 6.66. The number of thioether (sulfide) groups is 1. The number of carbonyl (C=O) groups excluding carboxylic acids is 1. The fourth-order valence-electron chi connectivity index (χ4n) is 2.08. The van der Waals surface area contributed by atoms with Crippen molar-refractivity contribution in [3.63, 3.8) is 0 Å². The molecule has 2 rings (SSSR count). The zero-order valence-electron chi connectivity index (χ0n) is 12.3. The highest BCUT2D eigenvalue weighted by atomic mass is 35.5. The Balaban J connectivity index is 0.00000220. The molecule has 21 heavy (non-hydrogen) atoms. The van der Waals surface area contributed by atoms with Gasteiger partial charge in [0.15, 0.2) is 5.78 Å². The second-order valence-corrected chi connectivity index (χ2v) is 5.66. The van der Waals surface area contributed by atoms with Crippen LogP contribution in [-0.4, -0.2) is 49.8 Å². The predicted octanol–water partition coefficient (Wildman–Crippen LogP) is 3.13. The van der Waals surface area contributed by atoms with E-state index in [1.165, 1.54) is 4.90 Å². The molecule has 0 aromatic heterocycles. The Labute approximate surface area is 137 Å². The molecule has 1 saturated heterocycles. The molecule has 3 nitrogen and oxygen atoms in total. The fourth-order valence-corrected chi connectivity index (χ4v) is 2.49. The van der Waals surface area contributed by atoms with Gasteiger partial charge in [-0.1, -0.05) is 18.2 Å². The van der Waals surface area contributed by atoms with Crippen molar-refractivity contribution in [2.45, 2.75) is 11.3 Å². The van der Waals surface area contributed by atoms with Crippen LogP contribution in [0.3, 0.4) is 0 Å². The molecule has 0 spiro atoms. The summed E-state index contributed by atoms with van der Waals surface area (Å²) in [5, 5.41) is 0. The van der Waals surface area contributed by atoms with E-state index < -0.39 is 0 Å². The molecule has 1 aromatic carbocycles. The van der Waals surface area contributed by atoms with E-state index in [4.69, 9.17) is 4.74 Å². The van der Waals surface area contributed by atoms with E-state index in [2.05, 4.69) is 23.3 Å². The Hall–Kier alpha value is -0.810. The molecule has 0 radical (unpaired) electrons. The summed E-state index contributed by atoms with van der Waals surface area (Å²) < 4.78 is 5.29. The summed E-state index contributed by atoms with van der Waals surface area (Å²) in [6.07, 6.45) is 6.22. The van der Waals surface area contributed by atoms with Crippen LogP contribution in [0.25, 0.3) is 6.08 Å². The Bertz CT molecular complexity index is 456. The minimum atomic E-state index is 0. The second kappa shape index (κ2) is 10.0. The molecule has 0 amide bonds. The molecule has 0 atom stereocenters. The first-order valence-electron chi connectivity index (χ1n) is 6.93. The first-order chi connectivity index (χ1) is 9.78. The monoisotopic (exact) mass is 327 g/mol. The zero-order valence-corrected chi connectivity index (χ0v) is 13.9. The van der Waals surface area contributed by atoms with E-state index in [9.17, 15) is 4.79 Å². The van der Waals surface area contributed by atoms with Gasteiger partial charge in [-0.2, -0.15) is 0 Å². The molecule has 0 aliphatic carbocycles. The van der Waals surface area contributed by atoms with Crippen LogP contribution in [0.15, 0.2) is 35.2 Å². The maximum Gasteiger partial charge on any atom is 0.156 e. The number of halogens is 1. The third-order valence-corrected chi connectivity index (χ3v) is 4.10. The lowest BCUT2D eigenvalue weighted by Crippen LogP contribution is -2.37. The van der Waals surface area contributed by atoms with Crippen LogP contribution in [0, 0.1) is 0 Å². The Morgan fingerprint density at radius 1 is 1.29 bits per heavy atom. The van der Waals surface area contributed by atoms with Crippen molar-refractivity contribution in [3.05, 3.63) is 35.9 Å². The number of hydrogen-bond acceptors (Lipinski definition) is 4. The molecule has 0 unspecified atom stereocenters. The van der Waals surface area contributed by atoms with Gasteiger partial charge in [0.2, 0.25) is 0 Å². The average Bonchev–Trinajstić information content (AvgIpc) is 2.52. The van der Waals surface area contributed by atoms with E-state index in [-0.39, 0.29) is 18.2 Å². The van der Waals surface area contributed by atoms with Gasteiger partial charge in [0.1, 0.15) is 0 Å². The molecule has 1 aromatic rings. The first-order valence-corrected chi connectivity index (χ1v) is 8.15. The van der Waals surface area contributed by atoms with Crippen molar-refractivity contribution >= 4 is 36.0 Å². The van der Waals surface area contributed by atoms with Crippen LogP contribution in [-0.2, 0) is 9.53 Å². The summed E-state index contributed by atoms with van der Waals surface area (Å²) >= 11 is 1.72. The topological polar surface area (TPSA) is 29.5 Å². The normalized spacial score (nSPS) is 15.9. The lowest BCUT2D eigenvalue weighted by Gasteiger charge is -2.25. The van der Waals surface area contributed by atoms with Gasteiger partial charge in [-0.15, -0.1) is 24.2 Å². The zero-order chi connectivity index (χ0) is 14.2. The van der Waals surface area contributed by atoms with E-state index in [0.717, 1.165) is 38.4 Å². The highest BCUT2D eigenvalue weighted by Crippen LogP contribution is 2.15. The van der Waals surface area contributed by atoms with Crippen molar-refractivity contribution in [1.82, 2.24) is 4.90 Å². The summed E-state index contributed by atoms with van der Waals surface area (Å²) in [6.45, 7) is 4.27. The summed E-state index contributed by atoms with van der Waals surface area (Å²) in [4.78, 5) is 15.4. The minimum Gasteiger partial charge on any atom is -0.379 e. The number of nitrogens with zero attached hydrogens (tertiary/aromatic N) is 1. The van der Waals surface area contributed by atoms with Gasteiger partial charge < -0.3 is 4.74 Å². The smallest absolute Gasteiger partial charge is 0.156 e.